The van der Waals surface area contributed by atoms with Gasteiger partial charge in [-0.05, 0) is 42.7 Å². The monoisotopic (exact) mass is 465 g/mol. The molecular formula is C24H17Cl2N3O3. The minimum Gasteiger partial charge on any atom is -0.505 e. The summed E-state index contributed by atoms with van der Waals surface area (Å²) in [4.78, 5) is 30.9. The molecule has 0 radical (unpaired) electrons. The Labute approximate surface area is 193 Å². The van der Waals surface area contributed by atoms with Crippen molar-refractivity contribution in [3.8, 4) is 5.75 Å². The highest BCUT2D eigenvalue weighted by molar-refractivity contribution is 6.37. The molecule has 0 unspecified atom stereocenters. The molecule has 0 bridgehead atoms. The van der Waals surface area contributed by atoms with E-state index in [0.29, 0.717) is 16.6 Å². The van der Waals surface area contributed by atoms with Crippen LogP contribution in [0.1, 0.15) is 28.8 Å². The van der Waals surface area contributed by atoms with Crippen LogP contribution in [0.15, 0.2) is 71.8 Å². The molecule has 1 heterocycles. The van der Waals surface area contributed by atoms with Crippen LogP contribution in [-0.2, 0) is 5.54 Å². The summed E-state index contributed by atoms with van der Waals surface area (Å²) in [6.07, 6.45) is 3.25. The second-order valence-electron chi connectivity index (χ2n) is 7.76. The van der Waals surface area contributed by atoms with Crippen molar-refractivity contribution in [2.45, 2.75) is 18.4 Å². The molecule has 2 N–H and O–H groups in total. The number of aromatic nitrogens is 2. The molecule has 160 valence electrons. The minimum atomic E-state index is -0.514. The van der Waals surface area contributed by atoms with Crippen LogP contribution in [0.5, 0.6) is 5.75 Å². The van der Waals surface area contributed by atoms with E-state index in [1.54, 1.807) is 29.1 Å². The number of carbonyl (C=O) groups excluding carboxylic acids is 1. The fourth-order valence-electron chi connectivity index (χ4n) is 4.00. The maximum absolute atomic E-state index is 13.6. The van der Waals surface area contributed by atoms with Crippen LogP contribution in [0.25, 0.3) is 10.9 Å². The molecule has 0 atom stereocenters. The van der Waals surface area contributed by atoms with Crippen molar-refractivity contribution in [1.82, 2.24) is 9.55 Å². The van der Waals surface area contributed by atoms with Crippen molar-refractivity contribution in [3.05, 3.63) is 98.5 Å². The average molecular weight is 466 g/mol. The van der Waals surface area contributed by atoms with Gasteiger partial charge in [0.25, 0.3) is 11.5 Å². The molecule has 1 saturated carbocycles. The molecule has 0 aliphatic heterocycles. The molecule has 1 aliphatic carbocycles. The third-order valence-electron chi connectivity index (χ3n) is 5.81. The zero-order valence-electron chi connectivity index (χ0n) is 16.7. The van der Waals surface area contributed by atoms with E-state index in [4.69, 9.17) is 23.2 Å². The Hall–Kier alpha value is -3.35. The average Bonchev–Trinajstić information content (AvgIpc) is 3.60. The molecule has 1 amide bonds. The first-order valence-corrected chi connectivity index (χ1v) is 10.7. The summed E-state index contributed by atoms with van der Waals surface area (Å²) in [5, 5.41) is 12.7. The quantitative estimate of drug-likeness (QED) is 0.433. The molecule has 4 aromatic rings. The standard InChI is InChI=1S/C24H17Cl2N3O3/c25-16-11-14(12-17(26)21(16)30)22(31)28-19-8-4-7-18-20(19)23(32)29(13-27-18)24(9-10-24)15-5-2-1-3-6-15/h1-8,11-13,30H,9-10H2,(H,28,31). The van der Waals surface area contributed by atoms with Crippen molar-refractivity contribution in [2.24, 2.45) is 0 Å². The molecule has 0 saturated heterocycles. The van der Waals surface area contributed by atoms with Gasteiger partial charge in [0.2, 0.25) is 0 Å². The van der Waals surface area contributed by atoms with Gasteiger partial charge in [-0.3, -0.25) is 14.2 Å². The first-order chi connectivity index (χ1) is 15.4. The van der Waals surface area contributed by atoms with Crippen LogP contribution < -0.4 is 10.9 Å². The predicted octanol–water partition coefficient (Wildman–Crippen LogP) is 5.20. The molecule has 1 fully saturated rings. The largest absolute Gasteiger partial charge is 0.505 e. The highest BCUT2D eigenvalue weighted by Gasteiger charge is 2.47. The number of rotatable bonds is 4. The van der Waals surface area contributed by atoms with Gasteiger partial charge >= 0.3 is 0 Å². The Morgan fingerprint density at radius 2 is 1.72 bits per heavy atom. The molecule has 6 nitrogen and oxygen atoms in total. The Bertz CT molecular complexity index is 1410. The number of carbonyl (C=O) groups is 1. The fraction of sp³-hybridized carbons (Fsp3) is 0.125. The number of hydrogen-bond acceptors (Lipinski definition) is 4. The van der Waals surface area contributed by atoms with E-state index in [0.717, 1.165) is 18.4 Å². The van der Waals surface area contributed by atoms with Crippen molar-refractivity contribution in [1.29, 1.82) is 0 Å². The lowest BCUT2D eigenvalue weighted by Crippen LogP contribution is -2.32. The fourth-order valence-corrected chi connectivity index (χ4v) is 4.49. The molecule has 1 aliphatic rings. The SMILES string of the molecule is O=C(Nc1cccc2ncn(C3(c4ccccc4)CC3)c(=O)c12)c1cc(Cl)c(O)c(Cl)c1. The maximum Gasteiger partial charge on any atom is 0.264 e. The van der Waals surface area contributed by atoms with Gasteiger partial charge in [-0.1, -0.05) is 59.6 Å². The number of amides is 1. The van der Waals surface area contributed by atoms with Gasteiger partial charge in [0.1, 0.15) is 0 Å². The Morgan fingerprint density at radius 1 is 1.03 bits per heavy atom. The second-order valence-corrected chi connectivity index (χ2v) is 8.57. The van der Waals surface area contributed by atoms with E-state index in [1.807, 2.05) is 30.3 Å². The van der Waals surface area contributed by atoms with Gasteiger partial charge in [0, 0.05) is 5.56 Å². The van der Waals surface area contributed by atoms with E-state index in [-0.39, 0.29) is 26.9 Å². The summed E-state index contributed by atoms with van der Waals surface area (Å²) in [5.41, 5.74) is 1.38. The number of anilines is 1. The number of phenolic OH excluding ortho intramolecular Hbond substituents is 1. The van der Waals surface area contributed by atoms with E-state index < -0.39 is 11.4 Å². The number of aromatic hydroxyl groups is 1. The van der Waals surface area contributed by atoms with Crippen molar-refractivity contribution in [2.75, 3.05) is 5.32 Å². The summed E-state index contributed by atoms with van der Waals surface area (Å²) in [7, 11) is 0. The number of nitrogens with one attached hydrogen (secondary N) is 1. The molecule has 8 heteroatoms. The second kappa shape index (κ2) is 7.65. The summed E-state index contributed by atoms with van der Waals surface area (Å²) in [5.74, 6) is -0.807. The smallest absolute Gasteiger partial charge is 0.264 e. The van der Waals surface area contributed by atoms with Gasteiger partial charge in [-0.25, -0.2) is 4.98 Å². The zero-order valence-corrected chi connectivity index (χ0v) is 18.2. The number of phenols is 1. The summed E-state index contributed by atoms with van der Waals surface area (Å²) < 4.78 is 1.66. The normalized spacial score (nSPS) is 14.3. The van der Waals surface area contributed by atoms with Crippen LogP contribution in [0.2, 0.25) is 10.0 Å². The van der Waals surface area contributed by atoms with E-state index in [9.17, 15) is 14.7 Å². The number of benzene rings is 3. The third-order valence-corrected chi connectivity index (χ3v) is 6.39. The maximum atomic E-state index is 13.6. The van der Waals surface area contributed by atoms with Gasteiger partial charge in [-0.15, -0.1) is 0 Å². The van der Waals surface area contributed by atoms with Crippen molar-refractivity contribution in [3.63, 3.8) is 0 Å². The van der Waals surface area contributed by atoms with E-state index >= 15 is 0 Å². The van der Waals surface area contributed by atoms with Crippen LogP contribution in [-0.4, -0.2) is 20.6 Å². The number of nitrogens with zero attached hydrogens (tertiary/aromatic N) is 2. The summed E-state index contributed by atoms with van der Waals surface area (Å²) in [6.45, 7) is 0. The predicted molar refractivity (Wildman–Crippen MR) is 125 cm³/mol. The third kappa shape index (κ3) is 3.32. The molecule has 5 rings (SSSR count). The molecule has 32 heavy (non-hydrogen) atoms. The topological polar surface area (TPSA) is 84.2 Å². The highest BCUT2D eigenvalue weighted by Crippen LogP contribution is 2.48. The Kier molecular flexibility index (Phi) is 4.92. The summed E-state index contributed by atoms with van der Waals surface area (Å²) >= 11 is 11.9. The lowest BCUT2D eigenvalue weighted by molar-refractivity contribution is 0.102. The lowest BCUT2D eigenvalue weighted by atomic mass is 10.0. The summed E-state index contributed by atoms with van der Waals surface area (Å²) in [6, 6.07) is 17.6. The van der Waals surface area contributed by atoms with Gasteiger partial charge < -0.3 is 10.4 Å². The van der Waals surface area contributed by atoms with Gasteiger partial charge in [-0.2, -0.15) is 0 Å². The lowest BCUT2D eigenvalue weighted by Gasteiger charge is -2.20. The first-order valence-electron chi connectivity index (χ1n) is 9.96. The van der Waals surface area contributed by atoms with Crippen molar-refractivity contribution >= 4 is 45.7 Å². The molecule has 3 aromatic carbocycles. The van der Waals surface area contributed by atoms with E-state index in [1.165, 1.54) is 12.1 Å². The van der Waals surface area contributed by atoms with E-state index in [2.05, 4.69) is 10.3 Å². The number of fused-ring (bicyclic) bond motifs is 1. The van der Waals surface area contributed by atoms with Crippen molar-refractivity contribution < 1.29 is 9.90 Å². The Balaban J connectivity index is 1.59. The van der Waals surface area contributed by atoms with Crippen LogP contribution in [0.4, 0.5) is 5.69 Å². The highest BCUT2D eigenvalue weighted by atomic mass is 35.5. The minimum absolute atomic E-state index is 0.0388. The van der Waals surface area contributed by atoms with Gasteiger partial charge in [0.15, 0.2) is 5.75 Å². The molecule has 1 aromatic heterocycles. The zero-order chi connectivity index (χ0) is 22.5. The number of hydrogen-bond donors (Lipinski definition) is 2. The molecular weight excluding hydrogens is 449 g/mol. The Morgan fingerprint density at radius 3 is 2.38 bits per heavy atom. The first kappa shape index (κ1) is 20.5. The van der Waals surface area contributed by atoms with Crippen LogP contribution in [0.3, 0.4) is 0 Å². The number of halogens is 2. The molecule has 0 spiro atoms. The van der Waals surface area contributed by atoms with Gasteiger partial charge in [0.05, 0.1) is 38.5 Å². The van der Waals surface area contributed by atoms with Crippen LogP contribution >= 0.6 is 23.2 Å². The van der Waals surface area contributed by atoms with Crippen LogP contribution in [0, 0.1) is 0 Å².